The first-order chi connectivity index (χ1) is 8.42. The lowest BCUT2D eigenvalue weighted by molar-refractivity contribution is 0.211. The summed E-state index contributed by atoms with van der Waals surface area (Å²) in [6, 6.07) is 0.614. The maximum absolute atomic E-state index is 5.47. The van der Waals surface area contributed by atoms with Crippen LogP contribution in [0.5, 0.6) is 0 Å². The van der Waals surface area contributed by atoms with Crippen LogP contribution in [0.2, 0.25) is 0 Å². The zero-order valence-corrected chi connectivity index (χ0v) is 12.6. The molecule has 0 saturated heterocycles. The molecule has 1 saturated carbocycles. The second-order valence-corrected chi connectivity index (χ2v) is 6.74. The minimum Gasteiger partial charge on any atom is -0.312 e. The van der Waals surface area contributed by atoms with Crippen LogP contribution in [-0.2, 0) is 0 Å². The molecule has 104 valence electrons. The van der Waals surface area contributed by atoms with Crippen molar-refractivity contribution in [2.24, 2.45) is 5.92 Å². The summed E-state index contributed by atoms with van der Waals surface area (Å²) in [5.74, 6) is 3.73. The van der Waals surface area contributed by atoms with Gasteiger partial charge in [0.15, 0.2) is 0 Å². The molecule has 0 aromatic heterocycles. The summed E-state index contributed by atoms with van der Waals surface area (Å²) in [6.45, 7) is 12.1. The van der Waals surface area contributed by atoms with Crippen molar-refractivity contribution >= 4 is 0 Å². The Morgan fingerprint density at radius 1 is 1.39 bits per heavy atom. The standard InChI is InChI=1S/C16H30N2/c1-6-12-18(13-15-9-10-15)14(2)8-7-11-17-16(3,4)5/h1,14-15,17H,7-13H2,2-5H3. The highest BCUT2D eigenvalue weighted by atomic mass is 15.1. The van der Waals surface area contributed by atoms with Gasteiger partial charge in [-0.1, -0.05) is 5.92 Å². The molecule has 0 aromatic carbocycles. The van der Waals surface area contributed by atoms with Crippen molar-refractivity contribution in [2.45, 2.75) is 65.0 Å². The minimum atomic E-state index is 0.232. The molecular formula is C16H30N2. The highest BCUT2D eigenvalue weighted by molar-refractivity contribution is 4.91. The summed E-state index contributed by atoms with van der Waals surface area (Å²) < 4.78 is 0. The van der Waals surface area contributed by atoms with Gasteiger partial charge in [-0.2, -0.15) is 0 Å². The van der Waals surface area contributed by atoms with Gasteiger partial charge in [0.1, 0.15) is 0 Å². The Morgan fingerprint density at radius 3 is 2.56 bits per heavy atom. The van der Waals surface area contributed by atoms with E-state index in [4.69, 9.17) is 6.42 Å². The van der Waals surface area contributed by atoms with E-state index in [2.05, 4.69) is 43.8 Å². The van der Waals surface area contributed by atoms with Crippen molar-refractivity contribution in [3.8, 4) is 12.3 Å². The number of terminal acetylenes is 1. The third-order valence-corrected chi connectivity index (χ3v) is 3.56. The van der Waals surface area contributed by atoms with Crippen LogP contribution < -0.4 is 5.32 Å². The fourth-order valence-electron chi connectivity index (χ4n) is 2.19. The Morgan fingerprint density at radius 2 is 2.06 bits per heavy atom. The maximum Gasteiger partial charge on any atom is 0.0601 e. The molecule has 0 heterocycles. The molecule has 1 unspecified atom stereocenters. The van der Waals surface area contributed by atoms with E-state index >= 15 is 0 Å². The second kappa shape index (κ2) is 7.16. The highest BCUT2D eigenvalue weighted by Crippen LogP contribution is 2.30. The molecule has 1 fully saturated rings. The zero-order chi connectivity index (χ0) is 13.6. The van der Waals surface area contributed by atoms with Gasteiger partial charge in [-0.15, -0.1) is 6.42 Å². The summed E-state index contributed by atoms with van der Waals surface area (Å²) in [7, 11) is 0. The van der Waals surface area contributed by atoms with E-state index < -0.39 is 0 Å². The van der Waals surface area contributed by atoms with Crippen molar-refractivity contribution in [2.75, 3.05) is 19.6 Å². The van der Waals surface area contributed by atoms with Crippen molar-refractivity contribution < 1.29 is 0 Å². The van der Waals surface area contributed by atoms with Gasteiger partial charge in [0.05, 0.1) is 6.54 Å². The van der Waals surface area contributed by atoms with Crippen LogP contribution in [-0.4, -0.2) is 36.1 Å². The lowest BCUT2D eigenvalue weighted by atomic mass is 10.1. The van der Waals surface area contributed by atoms with E-state index in [1.54, 1.807) is 0 Å². The fourth-order valence-corrected chi connectivity index (χ4v) is 2.19. The van der Waals surface area contributed by atoms with E-state index in [1.807, 2.05) is 0 Å². The summed E-state index contributed by atoms with van der Waals surface area (Å²) >= 11 is 0. The normalized spacial score (nSPS) is 17.8. The predicted molar refractivity (Wildman–Crippen MR) is 79.6 cm³/mol. The van der Waals surface area contributed by atoms with Crippen LogP contribution >= 0.6 is 0 Å². The maximum atomic E-state index is 5.47. The molecule has 0 aromatic rings. The molecule has 2 nitrogen and oxygen atoms in total. The van der Waals surface area contributed by atoms with Crippen molar-refractivity contribution in [3.05, 3.63) is 0 Å². The average molecular weight is 250 g/mol. The first-order valence-electron chi connectivity index (χ1n) is 7.35. The van der Waals surface area contributed by atoms with Gasteiger partial charge in [-0.25, -0.2) is 0 Å². The monoisotopic (exact) mass is 250 g/mol. The minimum absolute atomic E-state index is 0.232. The van der Waals surface area contributed by atoms with Crippen LogP contribution in [0.25, 0.3) is 0 Å². The Hall–Kier alpha value is -0.520. The van der Waals surface area contributed by atoms with Gasteiger partial charge >= 0.3 is 0 Å². The molecule has 0 radical (unpaired) electrons. The number of nitrogens with zero attached hydrogens (tertiary/aromatic N) is 1. The third kappa shape index (κ3) is 7.03. The Bertz CT molecular complexity index is 268. The third-order valence-electron chi connectivity index (χ3n) is 3.56. The lowest BCUT2D eigenvalue weighted by Gasteiger charge is -2.28. The molecule has 0 bridgehead atoms. The Labute approximate surface area is 114 Å². The van der Waals surface area contributed by atoms with Crippen LogP contribution in [0.3, 0.4) is 0 Å². The number of hydrogen-bond acceptors (Lipinski definition) is 2. The topological polar surface area (TPSA) is 15.3 Å². The molecule has 1 atom stereocenters. The largest absolute Gasteiger partial charge is 0.312 e. The molecule has 1 rings (SSSR count). The summed E-state index contributed by atoms with van der Waals surface area (Å²) in [5, 5.41) is 3.54. The van der Waals surface area contributed by atoms with Crippen molar-refractivity contribution in [1.82, 2.24) is 10.2 Å². The predicted octanol–water partition coefficient (Wildman–Crippen LogP) is 2.89. The molecule has 0 amide bonds. The first kappa shape index (κ1) is 15.5. The van der Waals surface area contributed by atoms with Gasteiger partial charge in [0.25, 0.3) is 0 Å². The SMILES string of the molecule is C#CCN(CC1CC1)C(C)CCCNC(C)(C)C. The van der Waals surface area contributed by atoms with Gasteiger partial charge in [-0.3, -0.25) is 4.90 Å². The fraction of sp³-hybridized carbons (Fsp3) is 0.875. The average Bonchev–Trinajstić information content (AvgIpc) is 3.06. The molecule has 0 spiro atoms. The summed E-state index contributed by atoms with van der Waals surface area (Å²) in [5.41, 5.74) is 0.232. The molecule has 1 aliphatic carbocycles. The first-order valence-corrected chi connectivity index (χ1v) is 7.35. The van der Waals surface area contributed by atoms with Crippen LogP contribution in [0.15, 0.2) is 0 Å². The quantitative estimate of drug-likeness (QED) is 0.526. The Balaban J connectivity index is 2.19. The van der Waals surface area contributed by atoms with Gasteiger partial charge in [0, 0.05) is 18.1 Å². The highest BCUT2D eigenvalue weighted by Gasteiger charge is 2.25. The van der Waals surface area contributed by atoms with Crippen molar-refractivity contribution in [1.29, 1.82) is 0 Å². The van der Waals surface area contributed by atoms with Crippen LogP contribution in [0.4, 0.5) is 0 Å². The summed E-state index contributed by atoms with van der Waals surface area (Å²) in [4.78, 5) is 2.48. The smallest absolute Gasteiger partial charge is 0.0601 e. The van der Waals surface area contributed by atoms with Crippen molar-refractivity contribution in [3.63, 3.8) is 0 Å². The van der Waals surface area contributed by atoms with Gasteiger partial charge in [-0.05, 0) is 65.8 Å². The van der Waals surface area contributed by atoms with E-state index in [0.29, 0.717) is 6.04 Å². The van der Waals surface area contributed by atoms with Crippen LogP contribution in [0.1, 0.15) is 53.4 Å². The van der Waals surface area contributed by atoms with E-state index in [9.17, 15) is 0 Å². The Kier molecular flexibility index (Phi) is 6.18. The molecule has 0 aliphatic heterocycles. The zero-order valence-electron chi connectivity index (χ0n) is 12.6. The number of hydrogen-bond donors (Lipinski definition) is 1. The summed E-state index contributed by atoms with van der Waals surface area (Å²) in [6.07, 6.45) is 10.7. The van der Waals surface area contributed by atoms with Gasteiger partial charge < -0.3 is 5.32 Å². The molecule has 2 heteroatoms. The number of rotatable bonds is 8. The van der Waals surface area contributed by atoms with Gasteiger partial charge in [0.2, 0.25) is 0 Å². The van der Waals surface area contributed by atoms with E-state index in [-0.39, 0.29) is 5.54 Å². The molecular weight excluding hydrogens is 220 g/mol. The lowest BCUT2D eigenvalue weighted by Crippen LogP contribution is -2.38. The van der Waals surface area contributed by atoms with Crippen LogP contribution in [0, 0.1) is 18.3 Å². The second-order valence-electron chi connectivity index (χ2n) is 6.74. The molecule has 1 N–H and O–H groups in total. The number of nitrogens with one attached hydrogen (secondary N) is 1. The molecule has 1 aliphatic rings. The molecule has 18 heavy (non-hydrogen) atoms. The van der Waals surface area contributed by atoms with E-state index in [0.717, 1.165) is 19.0 Å². The van der Waals surface area contributed by atoms with E-state index in [1.165, 1.54) is 32.2 Å².